The minimum Gasteiger partial charge on any atom is -0.355 e. The van der Waals surface area contributed by atoms with Crippen LogP contribution in [0.2, 0.25) is 5.02 Å². The van der Waals surface area contributed by atoms with Gasteiger partial charge in [0.05, 0.1) is 11.8 Å². The molecule has 8 heteroatoms. The third-order valence-corrected chi connectivity index (χ3v) is 4.98. The number of rotatable bonds is 4. The lowest BCUT2D eigenvalue weighted by molar-refractivity contribution is -0.151. The summed E-state index contributed by atoms with van der Waals surface area (Å²) in [7, 11) is 0. The summed E-state index contributed by atoms with van der Waals surface area (Å²) >= 11 is 5.74. The number of carbonyl (C=O) groups is 1. The van der Waals surface area contributed by atoms with Gasteiger partial charge in [0.1, 0.15) is 5.82 Å². The maximum absolute atomic E-state index is 13.3. The number of fused-ring (bicyclic) bond motifs is 1. The quantitative estimate of drug-likeness (QED) is 0.820. The number of carbonyl (C=O) groups excluding carboxylic acids is 1. The molecule has 1 aromatic carbocycles. The lowest BCUT2D eigenvalue weighted by Gasteiger charge is -2.33. The van der Waals surface area contributed by atoms with Crippen LogP contribution in [-0.2, 0) is 4.79 Å². The van der Waals surface area contributed by atoms with Gasteiger partial charge in [-0.25, -0.2) is 4.39 Å². The Hall–Kier alpha value is -1.34. The molecule has 2 saturated heterocycles. The lowest BCUT2D eigenvalue weighted by Crippen LogP contribution is -2.49. The highest BCUT2D eigenvalue weighted by atomic mass is 35.5. The van der Waals surface area contributed by atoms with E-state index in [1.165, 1.54) is 0 Å². The van der Waals surface area contributed by atoms with Gasteiger partial charge in [-0.1, -0.05) is 17.7 Å². The van der Waals surface area contributed by atoms with Crippen molar-refractivity contribution in [2.24, 2.45) is 11.8 Å². The molecule has 1 unspecified atom stereocenters. The van der Waals surface area contributed by atoms with E-state index in [2.05, 4.69) is 10.6 Å². The number of nitrogens with one attached hydrogen (secondary N) is 2. The Morgan fingerprint density at radius 2 is 2.17 bits per heavy atom. The molecule has 2 aliphatic heterocycles. The Morgan fingerprint density at radius 1 is 1.43 bits per heavy atom. The first-order chi connectivity index (χ1) is 10.8. The molecule has 0 aromatic heterocycles. The molecule has 1 saturated carbocycles. The predicted octanol–water partition coefficient (Wildman–Crippen LogP) is 2.85. The van der Waals surface area contributed by atoms with Crippen LogP contribution in [-0.4, -0.2) is 31.2 Å². The van der Waals surface area contributed by atoms with E-state index in [4.69, 9.17) is 11.6 Å². The summed E-state index contributed by atoms with van der Waals surface area (Å²) in [5.74, 6) is -3.10. The second-order valence-corrected chi connectivity index (χ2v) is 6.45. The van der Waals surface area contributed by atoms with Crippen molar-refractivity contribution in [3.63, 3.8) is 0 Å². The smallest absolute Gasteiger partial charge is 0.355 e. The number of halogens is 5. The molecule has 126 valence electrons. The average molecular weight is 351 g/mol. The van der Waals surface area contributed by atoms with Gasteiger partial charge in [0.2, 0.25) is 5.91 Å². The first-order valence-corrected chi connectivity index (χ1v) is 7.68. The van der Waals surface area contributed by atoms with Gasteiger partial charge in [0.15, 0.2) is 0 Å². The molecule has 23 heavy (non-hydrogen) atoms. The van der Waals surface area contributed by atoms with Crippen molar-refractivity contribution in [2.75, 3.05) is 13.1 Å². The zero-order valence-corrected chi connectivity index (χ0v) is 12.7. The van der Waals surface area contributed by atoms with Crippen molar-refractivity contribution in [1.29, 1.82) is 0 Å². The van der Waals surface area contributed by atoms with Gasteiger partial charge in [-0.3, -0.25) is 4.79 Å². The highest BCUT2D eigenvalue weighted by molar-refractivity contribution is 6.31. The molecule has 1 aromatic rings. The second kappa shape index (κ2) is 5.94. The summed E-state index contributed by atoms with van der Waals surface area (Å²) < 4.78 is 52.9. The van der Waals surface area contributed by atoms with Crippen LogP contribution >= 0.6 is 11.6 Å². The summed E-state index contributed by atoms with van der Waals surface area (Å²) in [6.07, 6.45) is -3.70. The van der Waals surface area contributed by atoms with Gasteiger partial charge in [0.25, 0.3) is 0 Å². The largest absolute Gasteiger partial charge is 0.397 e. The third-order valence-electron chi connectivity index (χ3n) is 4.66. The molecule has 2 N–H and O–H groups in total. The summed E-state index contributed by atoms with van der Waals surface area (Å²) in [4.78, 5) is 12.1. The Balaban J connectivity index is 1.71. The molecule has 4 rings (SSSR count). The van der Waals surface area contributed by atoms with E-state index in [-0.39, 0.29) is 34.4 Å². The fourth-order valence-electron chi connectivity index (χ4n) is 3.38. The lowest BCUT2D eigenvalue weighted by atomic mass is 9.73. The van der Waals surface area contributed by atoms with Crippen LogP contribution in [0.1, 0.15) is 17.9 Å². The van der Waals surface area contributed by atoms with Crippen molar-refractivity contribution >= 4 is 17.5 Å². The number of hydrogen-bond donors (Lipinski definition) is 2. The summed E-state index contributed by atoms with van der Waals surface area (Å²) in [6, 6.07) is 2.85. The third kappa shape index (κ3) is 3.17. The summed E-state index contributed by atoms with van der Waals surface area (Å²) in [5.41, 5.74) is -0.240. The van der Waals surface area contributed by atoms with Gasteiger partial charge in [-0.05, 0) is 36.6 Å². The van der Waals surface area contributed by atoms with Crippen LogP contribution in [0.4, 0.5) is 17.6 Å². The number of amides is 1. The standard InChI is InChI=1S/C15H15ClF4N2O/c16-11-4-8(17)1-2-9(11)10(15(18,19)20)6-22-14(23)13-7-3-12(13)21-5-7/h1-2,4,7,10,12-13,21H,3,5-6H2,(H,22,23)/t7-,10?,12-,13+/m0/s1. The van der Waals surface area contributed by atoms with Crippen molar-refractivity contribution in [3.05, 3.63) is 34.6 Å². The van der Waals surface area contributed by atoms with E-state index in [9.17, 15) is 22.4 Å². The van der Waals surface area contributed by atoms with E-state index in [1.54, 1.807) is 0 Å². The summed E-state index contributed by atoms with van der Waals surface area (Å²) in [6.45, 7) is 0.124. The van der Waals surface area contributed by atoms with Crippen molar-refractivity contribution in [2.45, 2.75) is 24.6 Å². The molecule has 1 amide bonds. The zero-order chi connectivity index (χ0) is 16.8. The maximum atomic E-state index is 13.3. The molecule has 4 atom stereocenters. The Bertz CT molecular complexity index is 608. The highest BCUT2D eigenvalue weighted by Gasteiger charge is 2.51. The van der Waals surface area contributed by atoms with Gasteiger partial charge in [-0.2, -0.15) is 13.2 Å². The van der Waals surface area contributed by atoms with E-state index >= 15 is 0 Å². The maximum Gasteiger partial charge on any atom is 0.397 e. The molecular formula is C15H15ClF4N2O. The fourth-order valence-corrected chi connectivity index (χ4v) is 3.68. The van der Waals surface area contributed by atoms with Crippen molar-refractivity contribution in [1.82, 2.24) is 10.6 Å². The van der Waals surface area contributed by atoms with Gasteiger partial charge >= 0.3 is 6.18 Å². The van der Waals surface area contributed by atoms with Gasteiger partial charge < -0.3 is 10.6 Å². The van der Waals surface area contributed by atoms with Crippen LogP contribution in [0.3, 0.4) is 0 Å². The van der Waals surface area contributed by atoms with Crippen LogP contribution in [0.25, 0.3) is 0 Å². The average Bonchev–Trinajstić information content (AvgIpc) is 3.03. The monoisotopic (exact) mass is 350 g/mol. The Labute approximate surface area is 135 Å². The minimum absolute atomic E-state index is 0.0683. The first-order valence-electron chi connectivity index (χ1n) is 7.30. The van der Waals surface area contributed by atoms with E-state index < -0.39 is 24.5 Å². The highest BCUT2D eigenvalue weighted by Crippen LogP contribution is 2.41. The molecule has 2 heterocycles. The van der Waals surface area contributed by atoms with Gasteiger partial charge in [-0.15, -0.1) is 0 Å². The number of benzene rings is 1. The van der Waals surface area contributed by atoms with Crippen LogP contribution < -0.4 is 10.6 Å². The normalized spacial score (nSPS) is 27.4. The van der Waals surface area contributed by atoms with Crippen molar-refractivity contribution in [3.8, 4) is 0 Å². The first kappa shape index (κ1) is 16.5. The summed E-state index contributed by atoms with van der Waals surface area (Å²) in [5, 5.41) is 5.23. The Morgan fingerprint density at radius 3 is 2.70 bits per heavy atom. The van der Waals surface area contributed by atoms with E-state index in [0.717, 1.165) is 31.2 Å². The molecule has 0 spiro atoms. The molecule has 2 bridgehead atoms. The molecular weight excluding hydrogens is 336 g/mol. The van der Waals surface area contributed by atoms with Crippen LogP contribution in [0, 0.1) is 17.7 Å². The number of hydrogen-bond acceptors (Lipinski definition) is 2. The zero-order valence-electron chi connectivity index (χ0n) is 12.0. The number of alkyl halides is 3. The van der Waals surface area contributed by atoms with Crippen LogP contribution in [0.5, 0.6) is 0 Å². The molecule has 3 fully saturated rings. The topological polar surface area (TPSA) is 41.1 Å². The molecule has 3 nitrogen and oxygen atoms in total. The van der Waals surface area contributed by atoms with Crippen LogP contribution in [0.15, 0.2) is 18.2 Å². The second-order valence-electron chi connectivity index (χ2n) is 6.04. The minimum atomic E-state index is -4.59. The predicted molar refractivity (Wildman–Crippen MR) is 76.6 cm³/mol. The fraction of sp³-hybridized carbons (Fsp3) is 0.533. The molecule has 3 aliphatic rings. The van der Waals surface area contributed by atoms with E-state index in [1.807, 2.05) is 0 Å². The Kier molecular flexibility index (Phi) is 4.27. The van der Waals surface area contributed by atoms with Crippen molar-refractivity contribution < 1.29 is 22.4 Å². The molecule has 1 aliphatic carbocycles. The SMILES string of the molecule is O=C(NCC(c1ccc(F)cc1Cl)C(F)(F)F)[C@@H]1[C@@H]2CN[C@H]1C2. The molecule has 0 radical (unpaired) electrons. The van der Waals surface area contributed by atoms with Gasteiger partial charge in [0, 0.05) is 17.6 Å². The van der Waals surface area contributed by atoms with E-state index in [0.29, 0.717) is 0 Å².